The number of fused-ring (bicyclic) bond motifs is 2. The lowest BCUT2D eigenvalue weighted by atomic mass is 9.88. The van der Waals surface area contributed by atoms with Crippen molar-refractivity contribution < 1.29 is 13.6 Å². The summed E-state index contributed by atoms with van der Waals surface area (Å²) in [5, 5.41) is 11.0. The van der Waals surface area contributed by atoms with E-state index in [1.807, 2.05) is 12.1 Å². The fraction of sp³-hybridized carbons (Fsp3) is 0.207. The van der Waals surface area contributed by atoms with Gasteiger partial charge in [-0.3, -0.25) is 14.9 Å². The van der Waals surface area contributed by atoms with Crippen LogP contribution >= 0.6 is 0 Å². The van der Waals surface area contributed by atoms with Crippen LogP contribution in [0.15, 0.2) is 65.9 Å². The number of H-pyrrole nitrogens is 2. The van der Waals surface area contributed by atoms with E-state index < -0.39 is 5.82 Å². The van der Waals surface area contributed by atoms with Gasteiger partial charge in [-0.2, -0.15) is 5.10 Å². The minimum absolute atomic E-state index is 0.00465. The Morgan fingerprint density at radius 3 is 2.79 bits per heavy atom. The molecule has 1 aliphatic carbocycles. The number of carbonyl (C=O) groups excluding carboxylic acids is 1. The van der Waals surface area contributed by atoms with Crippen LogP contribution in [0.2, 0.25) is 0 Å². The van der Waals surface area contributed by atoms with Crippen molar-refractivity contribution >= 4 is 33.7 Å². The predicted octanol–water partition coefficient (Wildman–Crippen LogP) is 6.48. The molecule has 6 aromatic rings. The number of hydrogen-bond donors (Lipinski definition) is 3. The van der Waals surface area contributed by atoms with Crippen molar-refractivity contribution in [3.63, 3.8) is 0 Å². The number of anilines is 1. The van der Waals surface area contributed by atoms with Crippen LogP contribution < -0.4 is 5.32 Å². The summed E-state index contributed by atoms with van der Waals surface area (Å²) in [6, 6.07) is 8.64. The maximum Gasteiger partial charge on any atom is 0.227 e. The molecule has 1 amide bonds. The monoisotopic (exact) mass is 521 g/mol. The Labute approximate surface area is 221 Å². The number of pyridine rings is 2. The van der Waals surface area contributed by atoms with Crippen LogP contribution in [0.1, 0.15) is 32.1 Å². The number of aromatic amines is 2. The van der Waals surface area contributed by atoms with Crippen molar-refractivity contribution in [2.75, 3.05) is 5.32 Å². The van der Waals surface area contributed by atoms with E-state index in [2.05, 4.69) is 35.5 Å². The van der Waals surface area contributed by atoms with Gasteiger partial charge in [0.1, 0.15) is 11.5 Å². The third-order valence-electron chi connectivity index (χ3n) is 7.39. The number of furan rings is 1. The smallest absolute Gasteiger partial charge is 0.227 e. The molecule has 0 bridgehead atoms. The van der Waals surface area contributed by atoms with Crippen LogP contribution in [0.25, 0.3) is 55.8 Å². The Bertz CT molecular complexity index is 1820. The molecular formula is C29H24FN7O2. The first-order valence-electron chi connectivity index (χ1n) is 13.0. The summed E-state index contributed by atoms with van der Waals surface area (Å²) in [4.78, 5) is 29.4. The van der Waals surface area contributed by atoms with Gasteiger partial charge < -0.3 is 14.7 Å². The Morgan fingerprint density at radius 1 is 1.05 bits per heavy atom. The molecule has 0 atom stereocenters. The zero-order valence-electron chi connectivity index (χ0n) is 20.9. The molecule has 0 saturated heterocycles. The molecule has 5 heterocycles. The maximum atomic E-state index is 15.3. The zero-order valence-corrected chi connectivity index (χ0v) is 20.9. The largest absolute Gasteiger partial charge is 0.472 e. The van der Waals surface area contributed by atoms with Crippen molar-refractivity contribution in [3.8, 4) is 33.8 Å². The molecule has 0 unspecified atom stereocenters. The van der Waals surface area contributed by atoms with Gasteiger partial charge in [-0.05, 0) is 37.1 Å². The van der Waals surface area contributed by atoms with Crippen molar-refractivity contribution in [2.24, 2.45) is 5.92 Å². The molecule has 0 radical (unpaired) electrons. The van der Waals surface area contributed by atoms with E-state index in [0.717, 1.165) is 42.3 Å². The summed E-state index contributed by atoms with van der Waals surface area (Å²) in [5.74, 6) is 0.0823. The van der Waals surface area contributed by atoms with Crippen molar-refractivity contribution in [3.05, 3.63) is 67.3 Å². The first-order valence-corrected chi connectivity index (χ1v) is 13.0. The lowest BCUT2D eigenvalue weighted by Gasteiger charge is -2.20. The third kappa shape index (κ3) is 4.23. The maximum absolute atomic E-state index is 15.3. The van der Waals surface area contributed by atoms with Crippen molar-refractivity contribution in [1.82, 2.24) is 30.1 Å². The number of aromatic nitrogens is 6. The predicted molar refractivity (Wildman–Crippen MR) is 145 cm³/mol. The van der Waals surface area contributed by atoms with Crippen molar-refractivity contribution in [2.45, 2.75) is 32.1 Å². The Hall–Kier alpha value is -4.86. The van der Waals surface area contributed by atoms with Crippen LogP contribution in [-0.2, 0) is 4.79 Å². The highest BCUT2D eigenvalue weighted by atomic mass is 19.1. The lowest BCUT2D eigenvalue weighted by molar-refractivity contribution is -0.120. The number of nitrogens with zero attached hydrogens (tertiary/aromatic N) is 4. The summed E-state index contributed by atoms with van der Waals surface area (Å²) in [6.45, 7) is 0. The number of nitrogens with one attached hydrogen (secondary N) is 3. The van der Waals surface area contributed by atoms with Gasteiger partial charge in [0.25, 0.3) is 0 Å². The number of hydrogen-bond acceptors (Lipinski definition) is 6. The molecule has 0 aliphatic heterocycles. The summed E-state index contributed by atoms with van der Waals surface area (Å²) in [6.07, 6.45) is 13.2. The molecule has 194 valence electrons. The molecule has 1 fully saturated rings. The van der Waals surface area contributed by atoms with Gasteiger partial charge in [-0.25, -0.2) is 14.4 Å². The molecule has 39 heavy (non-hydrogen) atoms. The van der Waals surface area contributed by atoms with Crippen molar-refractivity contribution in [1.29, 1.82) is 0 Å². The molecular weight excluding hydrogens is 497 g/mol. The fourth-order valence-electron chi connectivity index (χ4n) is 5.39. The highest BCUT2D eigenvalue weighted by molar-refractivity contribution is 5.98. The first kappa shape index (κ1) is 23.3. The van der Waals surface area contributed by atoms with E-state index >= 15 is 4.39 Å². The fourth-order valence-corrected chi connectivity index (χ4v) is 5.39. The molecule has 7 rings (SSSR count). The average Bonchev–Trinajstić information content (AvgIpc) is 3.72. The van der Waals surface area contributed by atoms with Crippen LogP contribution in [-0.4, -0.2) is 36.0 Å². The zero-order chi connectivity index (χ0) is 26.3. The van der Waals surface area contributed by atoms with E-state index in [1.165, 1.54) is 12.5 Å². The second-order valence-electron chi connectivity index (χ2n) is 9.89. The molecule has 10 heteroatoms. The molecule has 5 aromatic heterocycles. The Morgan fingerprint density at radius 2 is 1.95 bits per heavy atom. The quantitative estimate of drug-likeness (QED) is 0.238. The highest BCUT2D eigenvalue weighted by Gasteiger charge is 2.22. The van der Waals surface area contributed by atoms with E-state index in [-0.39, 0.29) is 11.8 Å². The molecule has 9 nitrogen and oxygen atoms in total. The van der Waals surface area contributed by atoms with Gasteiger partial charge in [0.15, 0.2) is 11.5 Å². The number of imidazole rings is 1. The molecule has 0 spiro atoms. The SMILES string of the molecule is O=C(Nc1cncc(-c2cc3c(-c4nc5nccc(-c6ccoc6)c5[nH]4)n[nH]c3cc2F)c1)C1CCCCC1. The molecule has 1 aliphatic rings. The van der Waals surface area contributed by atoms with Gasteiger partial charge in [0.05, 0.1) is 35.4 Å². The van der Waals surface area contributed by atoms with Gasteiger partial charge >= 0.3 is 0 Å². The molecule has 3 N–H and O–H groups in total. The standard InChI is InChI=1S/C29H24FN7O2/c30-23-12-24-22(11-21(23)18-10-19(14-31-13-18)33-29(38)16-4-2-1-3-5-16)26(37-36-24)28-34-25-20(17-7-9-39-15-17)6-8-32-27(25)35-28/h6-16H,1-5H2,(H,33,38)(H,36,37)(H,32,34,35). The van der Waals surface area contributed by atoms with Gasteiger partial charge in [0, 0.05) is 52.0 Å². The normalized spacial score (nSPS) is 14.3. The van der Waals surface area contributed by atoms with Crippen LogP contribution in [0.4, 0.5) is 10.1 Å². The van der Waals surface area contributed by atoms with E-state index in [9.17, 15) is 4.79 Å². The summed E-state index contributed by atoms with van der Waals surface area (Å²) in [7, 11) is 0. The van der Waals surface area contributed by atoms with Crippen LogP contribution in [0, 0.1) is 11.7 Å². The van der Waals surface area contributed by atoms with Gasteiger partial charge in [-0.1, -0.05) is 19.3 Å². The Kier molecular flexibility index (Phi) is 5.65. The highest BCUT2D eigenvalue weighted by Crippen LogP contribution is 2.34. The van der Waals surface area contributed by atoms with Crippen LogP contribution in [0.3, 0.4) is 0 Å². The van der Waals surface area contributed by atoms with Gasteiger partial charge in [-0.15, -0.1) is 0 Å². The van der Waals surface area contributed by atoms with E-state index in [4.69, 9.17) is 4.42 Å². The lowest BCUT2D eigenvalue weighted by Crippen LogP contribution is -2.24. The number of benzene rings is 1. The minimum atomic E-state index is -0.427. The first-order chi connectivity index (χ1) is 19.1. The van der Waals surface area contributed by atoms with E-state index in [1.54, 1.807) is 43.2 Å². The summed E-state index contributed by atoms with van der Waals surface area (Å²) >= 11 is 0. The summed E-state index contributed by atoms with van der Waals surface area (Å²) < 4.78 is 20.5. The second-order valence-corrected chi connectivity index (χ2v) is 9.89. The summed E-state index contributed by atoms with van der Waals surface area (Å²) in [5.41, 5.74) is 5.60. The Balaban J connectivity index is 1.25. The number of carbonyl (C=O) groups is 1. The van der Waals surface area contributed by atoms with Gasteiger partial charge in [0.2, 0.25) is 5.91 Å². The second kappa shape index (κ2) is 9.46. The van der Waals surface area contributed by atoms with E-state index in [0.29, 0.717) is 44.9 Å². The minimum Gasteiger partial charge on any atom is -0.472 e. The van der Waals surface area contributed by atoms with Crippen LogP contribution in [0.5, 0.6) is 0 Å². The third-order valence-corrected chi connectivity index (χ3v) is 7.39. The average molecular weight is 522 g/mol. The number of halogens is 1. The molecule has 1 aromatic carbocycles. The topological polar surface area (TPSA) is 125 Å². The molecule has 1 saturated carbocycles. The number of amides is 1. The number of rotatable bonds is 5.